The summed E-state index contributed by atoms with van der Waals surface area (Å²) < 4.78 is 10.1. The van der Waals surface area contributed by atoms with Crippen molar-refractivity contribution in [1.29, 1.82) is 0 Å². The molecule has 37 heavy (non-hydrogen) atoms. The van der Waals surface area contributed by atoms with Gasteiger partial charge in [0, 0.05) is 51.7 Å². The Hall–Kier alpha value is -3.34. The lowest BCUT2D eigenvalue weighted by Gasteiger charge is -2.36. The summed E-state index contributed by atoms with van der Waals surface area (Å²) in [4.78, 5) is 42.4. The maximum Gasteiger partial charge on any atom is 0.322 e. The van der Waals surface area contributed by atoms with Crippen molar-refractivity contribution >= 4 is 46.5 Å². The number of anilines is 3. The molecule has 1 aliphatic heterocycles. The number of aryl methyl sites for hydroxylation is 1. The maximum atomic E-state index is 12.7. The molecule has 1 aliphatic rings. The molecule has 4 amide bonds. The van der Waals surface area contributed by atoms with Crippen LogP contribution in [0.1, 0.15) is 5.56 Å². The van der Waals surface area contributed by atoms with Gasteiger partial charge in [-0.2, -0.15) is 0 Å². The van der Waals surface area contributed by atoms with Crippen molar-refractivity contribution in [2.75, 3.05) is 82.2 Å². The fraction of sp³-hybridized carbons (Fsp3) is 0.423. The number of amides is 4. The zero-order valence-electron chi connectivity index (χ0n) is 21.5. The Bertz CT molecular complexity index is 1050. The van der Waals surface area contributed by atoms with Crippen LogP contribution in [-0.2, 0) is 19.1 Å². The minimum absolute atomic E-state index is 0.0774. The SMILES string of the molecule is COCCOCC(=O)N(C)CC(=O)Nc1ccc(N2CCN(C(=O)Nc3c(C)cccc3Cl)CC2)cc1. The number of methoxy groups -OCH3 is 1. The number of rotatable bonds is 10. The highest BCUT2D eigenvalue weighted by Crippen LogP contribution is 2.26. The summed E-state index contributed by atoms with van der Waals surface area (Å²) in [5.41, 5.74) is 3.19. The molecule has 0 bridgehead atoms. The molecule has 0 saturated carbocycles. The van der Waals surface area contributed by atoms with E-state index in [4.69, 9.17) is 21.1 Å². The van der Waals surface area contributed by atoms with Crippen molar-refractivity contribution in [3.8, 4) is 0 Å². The Kier molecular flexibility index (Phi) is 10.6. The Morgan fingerprint density at radius 3 is 2.35 bits per heavy atom. The number of ether oxygens (including phenoxy) is 2. The zero-order chi connectivity index (χ0) is 26.8. The highest BCUT2D eigenvalue weighted by Gasteiger charge is 2.22. The van der Waals surface area contributed by atoms with Gasteiger partial charge in [-0.05, 0) is 42.8 Å². The van der Waals surface area contributed by atoms with Crippen LogP contribution in [0.2, 0.25) is 5.02 Å². The molecule has 0 radical (unpaired) electrons. The Morgan fingerprint density at radius 2 is 1.70 bits per heavy atom. The van der Waals surface area contributed by atoms with E-state index in [1.807, 2.05) is 43.3 Å². The molecule has 0 unspecified atom stereocenters. The van der Waals surface area contributed by atoms with Crippen LogP contribution in [0, 0.1) is 6.92 Å². The van der Waals surface area contributed by atoms with Crippen LogP contribution in [0.3, 0.4) is 0 Å². The first-order valence-corrected chi connectivity index (χ1v) is 12.4. The van der Waals surface area contributed by atoms with E-state index < -0.39 is 0 Å². The lowest BCUT2D eigenvalue weighted by atomic mass is 10.2. The normalized spacial score (nSPS) is 13.3. The predicted molar refractivity (Wildman–Crippen MR) is 144 cm³/mol. The van der Waals surface area contributed by atoms with Gasteiger partial charge in [0.15, 0.2) is 0 Å². The van der Waals surface area contributed by atoms with Gasteiger partial charge in [-0.1, -0.05) is 23.7 Å². The number of benzene rings is 2. The molecule has 11 heteroatoms. The second-order valence-corrected chi connectivity index (χ2v) is 9.13. The van der Waals surface area contributed by atoms with Gasteiger partial charge in [-0.3, -0.25) is 9.59 Å². The van der Waals surface area contributed by atoms with Crippen molar-refractivity contribution < 1.29 is 23.9 Å². The van der Waals surface area contributed by atoms with Gasteiger partial charge in [0.25, 0.3) is 0 Å². The third kappa shape index (κ3) is 8.34. The number of hydrogen-bond acceptors (Lipinski definition) is 6. The van der Waals surface area contributed by atoms with E-state index in [1.165, 1.54) is 4.90 Å². The first-order valence-electron chi connectivity index (χ1n) is 12.0. The van der Waals surface area contributed by atoms with E-state index in [9.17, 15) is 14.4 Å². The molecule has 2 aromatic rings. The highest BCUT2D eigenvalue weighted by molar-refractivity contribution is 6.33. The summed E-state index contributed by atoms with van der Waals surface area (Å²) in [5.74, 6) is -0.578. The van der Waals surface area contributed by atoms with Crippen molar-refractivity contribution in [1.82, 2.24) is 9.80 Å². The van der Waals surface area contributed by atoms with Crippen LogP contribution in [0.15, 0.2) is 42.5 Å². The van der Waals surface area contributed by atoms with Gasteiger partial charge >= 0.3 is 6.03 Å². The lowest BCUT2D eigenvalue weighted by Crippen LogP contribution is -2.50. The first kappa shape index (κ1) is 28.2. The quantitative estimate of drug-likeness (QED) is 0.457. The fourth-order valence-corrected chi connectivity index (χ4v) is 4.08. The number of likely N-dealkylation sites (N-methyl/N-ethyl adjacent to an activating group) is 1. The molecule has 0 aromatic heterocycles. The van der Waals surface area contributed by atoms with Gasteiger partial charge in [0.1, 0.15) is 6.61 Å². The summed E-state index contributed by atoms with van der Waals surface area (Å²) >= 11 is 6.23. The van der Waals surface area contributed by atoms with Gasteiger partial charge in [0.2, 0.25) is 11.8 Å². The number of piperazine rings is 1. The minimum Gasteiger partial charge on any atom is -0.382 e. The van der Waals surface area contributed by atoms with Crippen LogP contribution < -0.4 is 15.5 Å². The number of halogens is 1. The van der Waals surface area contributed by atoms with E-state index >= 15 is 0 Å². The Morgan fingerprint density at radius 1 is 1.00 bits per heavy atom. The van der Waals surface area contributed by atoms with Gasteiger partial charge in [-0.25, -0.2) is 4.79 Å². The summed E-state index contributed by atoms with van der Waals surface area (Å²) in [5, 5.41) is 6.25. The molecule has 2 N–H and O–H groups in total. The van der Waals surface area contributed by atoms with Crippen LogP contribution in [0.5, 0.6) is 0 Å². The number of para-hydroxylation sites is 1. The molecule has 1 fully saturated rings. The number of hydrogen-bond donors (Lipinski definition) is 2. The molecule has 0 atom stereocenters. The van der Waals surface area contributed by atoms with Gasteiger partial charge in [-0.15, -0.1) is 0 Å². The number of nitrogens with zero attached hydrogens (tertiary/aromatic N) is 3. The average Bonchev–Trinajstić information content (AvgIpc) is 2.89. The Labute approximate surface area is 222 Å². The molecule has 1 saturated heterocycles. The third-order valence-electron chi connectivity index (χ3n) is 6.00. The third-order valence-corrected chi connectivity index (χ3v) is 6.32. The largest absolute Gasteiger partial charge is 0.382 e. The van der Waals surface area contributed by atoms with Crippen LogP contribution >= 0.6 is 11.6 Å². The van der Waals surface area contributed by atoms with Crippen LogP contribution in [0.25, 0.3) is 0 Å². The molecule has 3 rings (SSSR count). The lowest BCUT2D eigenvalue weighted by molar-refractivity contribution is -0.137. The molecule has 0 spiro atoms. The van der Waals surface area contributed by atoms with Gasteiger partial charge in [0.05, 0.1) is 30.5 Å². The summed E-state index contributed by atoms with van der Waals surface area (Å²) in [6.07, 6.45) is 0. The molecular weight excluding hydrogens is 498 g/mol. The zero-order valence-corrected chi connectivity index (χ0v) is 22.2. The molecule has 1 heterocycles. The first-order chi connectivity index (χ1) is 17.8. The second kappa shape index (κ2) is 13.8. The Balaban J connectivity index is 1.43. The van der Waals surface area contributed by atoms with Crippen molar-refractivity contribution in [2.24, 2.45) is 0 Å². The van der Waals surface area contributed by atoms with Crippen molar-refractivity contribution in [3.63, 3.8) is 0 Å². The number of carbonyl (C=O) groups is 3. The fourth-order valence-electron chi connectivity index (χ4n) is 3.82. The van der Waals surface area contributed by atoms with Crippen molar-refractivity contribution in [3.05, 3.63) is 53.1 Å². The van der Waals surface area contributed by atoms with Crippen molar-refractivity contribution in [2.45, 2.75) is 6.92 Å². The van der Waals surface area contributed by atoms with E-state index in [0.717, 1.165) is 11.3 Å². The molecule has 10 nitrogen and oxygen atoms in total. The van der Waals surface area contributed by atoms with E-state index in [1.54, 1.807) is 25.1 Å². The smallest absolute Gasteiger partial charge is 0.322 e. The number of nitrogens with one attached hydrogen (secondary N) is 2. The summed E-state index contributed by atoms with van der Waals surface area (Å²) in [6.45, 7) is 4.96. The molecule has 200 valence electrons. The predicted octanol–water partition coefficient (Wildman–Crippen LogP) is 3.06. The van der Waals surface area contributed by atoms with E-state index in [0.29, 0.717) is 55.8 Å². The monoisotopic (exact) mass is 531 g/mol. The molecular formula is C26H34ClN5O5. The highest BCUT2D eigenvalue weighted by atomic mass is 35.5. The minimum atomic E-state index is -0.297. The number of carbonyl (C=O) groups excluding carboxylic acids is 3. The second-order valence-electron chi connectivity index (χ2n) is 8.73. The van der Waals surface area contributed by atoms with Gasteiger partial charge < -0.3 is 34.8 Å². The van der Waals surface area contributed by atoms with E-state index in [2.05, 4.69) is 15.5 Å². The maximum absolute atomic E-state index is 12.7. The number of urea groups is 1. The van der Waals surface area contributed by atoms with Crippen LogP contribution in [0.4, 0.5) is 21.9 Å². The summed E-state index contributed by atoms with van der Waals surface area (Å²) in [6, 6.07) is 12.8. The molecule has 0 aliphatic carbocycles. The standard InChI is InChI=1S/C26H34ClN5O5/c1-19-5-4-6-22(27)25(19)29-26(35)32-13-11-31(12-14-32)21-9-7-20(8-10-21)28-23(33)17-30(2)24(34)18-37-16-15-36-3/h4-10H,11-18H2,1-3H3,(H,28,33)(H,29,35). The topological polar surface area (TPSA) is 103 Å². The summed E-state index contributed by atoms with van der Waals surface area (Å²) in [7, 11) is 3.11. The average molecular weight is 532 g/mol. The van der Waals surface area contributed by atoms with E-state index in [-0.39, 0.29) is 31.0 Å². The van der Waals surface area contributed by atoms with Crippen LogP contribution in [-0.4, -0.2) is 94.3 Å². The molecule has 2 aromatic carbocycles.